The number of para-hydroxylation sites is 1. The molecule has 1 aliphatic rings. The molecule has 3 heterocycles. The molecule has 0 unspecified atom stereocenters. The second-order valence-electron chi connectivity index (χ2n) is 6.29. The van der Waals surface area contributed by atoms with E-state index in [-0.39, 0.29) is 5.69 Å². The number of alkyl halides is 3. The third-order valence-electron chi connectivity index (χ3n) is 4.54. The molecule has 0 saturated heterocycles. The fraction of sp³-hybridized carbons (Fsp3) is 0.111. The first kappa shape index (κ1) is 19.2. The molecule has 2 amide bonds. The quantitative estimate of drug-likeness (QED) is 0.588. The molecule has 1 atom stereocenters. The van der Waals surface area contributed by atoms with Crippen LogP contribution in [0, 0.1) is 0 Å². The summed E-state index contributed by atoms with van der Waals surface area (Å²) >= 11 is 0. The van der Waals surface area contributed by atoms with Crippen molar-refractivity contribution in [2.75, 3.05) is 5.32 Å². The predicted molar refractivity (Wildman–Crippen MR) is 95.2 cm³/mol. The Labute approximate surface area is 164 Å². The molecule has 0 bridgehead atoms. The van der Waals surface area contributed by atoms with E-state index in [0.717, 1.165) is 12.3 Å². The van der Waals surface area contributed by atoms with Crippen molar-refractivity contribution in [1.82, 2.24) is 14.9 Å². The van der Waals surface area contributed by atoms with Gasteiger partial charge in [0, 0.05) is 0 Å². The molecule has 1 aliphatic heterocycles. The number of carbonyl (C=O) groups is 2. The maximum atomic E-state index is 14.2. The predicted octanol–water partition coefficient (Wildman–Crippen LogP) is 1.26. The molecule has 3 N–H and O–H groups in total. The summed E-state index contributed by atoms with van der Waals surface area (Å²) in [5, 5.41) is 3.51. The minimum absolute atomic E-state index is 0.0886. The number of H-pyrrole nitrogens is 1. The number of nitrogens with zero attached hydrogens (tertiary/aromatic N) is 1. The van der Waals surface area contributed by atoms with Gasteiger partial charge in [-0.25, -0.2) is 9.36 Å². The summed E-state index contributed by atoms with van der Waals surface area (Å²) in [6.07, 6.45) is -4.38. The van der Waals surface area contributed by atoms with Gasteiger partial charge in [-0.05, 0) is 24.3 Å². The zero-order valence-electron chi connectivity index (χ0n) is 14.7. The van der Waals surface area contributed by atoms with Crippen molar-refractivity contribution in [3.63, 3.8) is 0 Å². The molecule has 12 heteroatoms. The highest BCUT2D eigenvalue weighted by atomic mass is 19.4. The summed E-state index contributed by atoms with van der Waals surface area (Å²) in [4.78, 5) is 51.5. The lowest BCUT2D eigenvalue weighted by Crippen LogP contribution is -2.62. The van der Waals surface area contributed by atoms with Crippen molar-refractivity contribution < 1.29 is 27.2 Å². The lowest BCUT2D eigenvalue weighted by molar-refractivity contribution is -0.196. The Hall–Kier alpha value is -4.09. The van der Waals surface area contributed by atoms with E-state index in [1.54, 1.807) is 16.4 Å². The molecule has 0 spiro atoms. The minimum Gasteiger partial charge on any atom is -0.459 e. The molecule has 9 nitrogen and oxygen atoms in total. The zero-order valence-corrected chi connectivity index (χ0v) is 14.7. The molecular weight excluding hydrogens is 409 g/mol. The van der Waals surface area contributed by atoms with Crippen LogP contribution in [0.25, 0.3) is 5.69 Å². The van der Waals surface area contributed by atoms with Gasteiger partial charge in [0.25, 0.3) is 22.9 Å². The number of hydrogen-bond donors (Lipinski definition) is 3. The largest absolute Gasteiger partial charge is 0.459 e. The number of rotatable bonds is 3. The van der Waals surface area contributed by atoms with Crippen LogP contribution in [0.2, 0.25) is 0 Å². The Bertz CT molecular complexity index is 1260. The number of hydrogen-bond acceptors (Lipinski definition) is 5. The highest BCUT2D eigenvalue weighted by molar-refractivity contribution is 6.09. The maximum absolute atomic E-state index is 14.2. The number of aromatic amines is 1. The standard InChI is InChI=1S/C18H11F3N4O5/c19-18(20,21)17(24-13(26)10-7-4-8-30-10)11-12(22-15(17)28)25(16(29)23-14(11)27)9-5-2-1-3-6-9/h1-8H,(H,22,28)(H,24,26)(H,23,27,29)/t17-/m1/s1. The number of furan rings is 1. The first-order valence-electron chi connectivity index (χ1n) is 8.36. The molecule has 2 aromatic heterocycles. The van der Waals surface area contributed by atoms with Gasteiger partial charge in [0.15, 0.2) is 5.76 Å². The Kier molecular flexibility index (Phi) is 4.15. The van der Waals surface area contributed by atoms with Crippen molar-refractivity contribution in [3.8, 4) is 5.69 Å². The monoisotopic (exact) mass is 420 g/mol. The van der Waals surface area contributed by atoms with Crippen LogP contribution in [-0.2, 0) is 10.3 Å². The smallest absolute Gasteiger partial charge is 0.425 e. The van der Waals surface area contributed by atoms with Crippen molar-refractivity contribution >= 4 is 17.6 Å². The van der Waals surface area contributed by atoms with Crippen LogP contribution in [0.15, 0.2) is 62.7 Å². The summed E-state index contributed by atoms with van der Waals surface area (Å²) in [5.74, 6) is -4.33. The number of aromatic nitrogens is 2. The molecule has 0 fully saturated rings. The van der Waals surface area contributed by atoms with Crippen LogP contribution < -0.4 is 21.9 Å². The number of fused-ring (bicyclic) bond motifs is 1. The van der Waals surface area contributed by atoms with E-state index in [1.165, 1.54) is 30.3 Å². The number of amides is 2. The normalized spacial score (nSPS) is 18.0. The molecule has 154 valence electrons. The lowest BCUT2D eigenvalue weighted by atomic mass is 9.91. The molecular formula is C18H11F3N4O5. The van der Waals surface area contributed by atoms with Crippen LogP contribution in [0.3, 0.4) is 0 Å². The van der Waals surface area contributed by atoms with Gasteiger partial charge in [-0.3, -0.25) is 19.4 Å². The van der Waals surface area contributed by atoms with Gasteiger partial charge in [-0.15, -0.1) is 0 Å². The number of benzene rings is 1. The molecule has 30 heavy (non-hydrogen) atoms. The fourth-order valence-corrected chi connectivity index (χ4v) is 3.24. The third kappa shape index (κ3) is 2.64. The Balaban J connectivity index is 2.01. The van der Waals surface area contributed by atoms with Crippen molar-refractivity contribution in [3.05, 3.63) is 80.9 Å². The van der Waals surface area contributed by atoms with Gasteiger partial charge >= 0.3 is 11.9 Å². The van der Waals surface area contributed by atoms with Crippen LogP contribution in [-0.4, -0.2) is 27.5 Å². The van der Waals surface area contributed by atoms with Gasteiger partial charge < -0.3 is 15.1 Å². The van der Waals surface area contributed by atoms with E-state index in [0.29, 0.717) is 4.57 Å². The van der Waals surface area contributed by atoms with Gasteiger partial charge in [-0.1, -0.05) is 18.2 Å². The average Bonchev–Trinajstić information content (AvgIpc) is 3.30. The van der Waals surface area contributed by atoms with Crippen LogP contribution in [0.5, 0.6) is 0 Å². The average molecular weight is 420 g/mol. The molecule has 0 radical (unpaired) electrons. The minimum atomic E-state index is -5.43. The first-order chi connectivity index (χ1) is 14.2. The molecule has 0 saturated carbocycles. The maximum Gasteiger partial charge on any atom is 0.425 e. The molecule has 4 rings (SSSR count). The SMILES string of the molecule is O=C(N[C@@]1(C(F)(F)F)C(=O)Nc2c1c(=O)[nH]c(=O)n2-c1ccccc1)c1ccco1. The van der Waals surface area contributed by atoms with Crippen LogP contribution >= 0.6 is 0 Å². The summed E-state index contributed by atoms with van der Waals surface area (Å²) < 4.78 is 48.1. The fourth-order valence-electron chi connectivity index (χ4n) is 3.24. The highest BCUT2D eigenvalue weighted by Gasteiger charge is 2.68. The molecule has 3 aromatic rings. The van der Waals surface area contributed by atoms with E-state index in [9.17, 15) is 32.3 Å². The van der Waals surface area contributed by atoms with Gasteiger partial charge in [-0.2, -0.15) is 13.2 Å². The Morgan fingerprint density at radius 1 is 1.07 bits per heavy atom. The highest BCUT2D eigenvalue weighted by Crippen LogP contribution is 2.45. The number of carbonyl (C=O) groups excluding carboxylic acids is 2. The van der Waals surface area contributed by atoms with Crippen molar-refractivity contribution in [2.24, 2.45) is 0 Å². The second-order valence-corrected chi connectivity index (χ2v) is 6.29. The number of anilines is 1. The number of halogens is 3. The second kappa shape index (κ2) is 6.47. The topological polar surface area (TPSA) is 126 Å². The van der Waals surface area contributed by atoms with E-state index in [1.807, 2.05) is 5.32 Å². The van der Waals surface area contributed by atoms with Gasteiger partial charge in [0.1, 0.15) is 11.4 Å². The Morgan fingerprint density at radius 3 is 2.37 bits per heavy atom. The lowest BCUT2D eigenvalue weighted by Gasteiger charge is -2.29. The van der Waals surface area contributed by atoms with Crippen molar-refractivity contribution in [2.45, 2.75) is 11.7 Å². The van der Waals surface area contributed by atoms with Gasteiger partial charge in [0.2, 0.25) is 0 Å². The molecule has 1 aromatic carbocycles. The summed E-state index contributed by atoms with van der Waals surface area (Å²) in [6, 6.07) is 9.74. The van der Waals surface area contributed by atoms with E-state index in [2.05, 4.69) is 0 Å². The summed E-state index contributed by atoms with van der Waals surface area (Å²) in [6.45, 7) is 0. The molecule has 0 aliphatic carbocycles. The van der Waals surface area contributed by atoms with E-state index >= 15 is 0 Å². The third-order valence-corrected chi connectivity index (χ3v) is 4.54. The summed E-state index contributed by atoms with van der Waals surface area (Å²) in [5.41, 5.74) is -7.36. The van der Waals surface area contributed by atoms with E-state index < -0.39 is 51.9 Å². The first-order valence-corrected chi connectivity index (χ1v) is 8.36. The number of nitrogens with one attached hydrogen (secondary N) is 3. The van der Waals surface area contributed by atoms with Crippen molar-refractivity contribution in [1.29, 1.82) is 0 Å². The van der Waals surface area contributed by atoms with Gasteiger partial charge in [0.05, 0.1) is 12.0 Å². The summed E-state index contributed by atoms with van der Waals surface area (Å²) in [7, 11) is 0. The zero-order chi connectivity index (χ0) is 21.7. The van der Waals surface area contributed by atoms with Crippen LogP contribution in [0.1, 0.15) is 16.1 Å². The van der Waals surface area contributed by atoms with Crippen LogP contribution in [0.4, 0.5) is 19.0 Å². The Morgan fingerprint density at radius 2 is 1.77 bits per heavy atom. The van der Waals surface area contributed by atoms with E-state index in [4.69, 9.17) is 4.42 Å².